The van der Waals surface area contributed by atoms with Gasteiger partial charge in [0, 0.05) is 5.88 Å². The van der Waals surface area contributed by atoms with Crippen molar-refractivity contribution in [3.8, 4) is 0 Å². The molecule has 0 unspecified atom stereocenters. The van der Waals surface area contributed by atoms with Crippen molar-refractivity contribution in [1.29, 1.82) is 0 Å². The Labute approximate surface area is 134 Å². The van der Waals surface area contributed by atoms with Gasteiger partial charge in [-0.15, -0.1) is 11.6 Å². The topological polar surface area (TPSA) is 26.3 Å². The second-order valence-corrected chi connectivity index (χ2v) is 5.29. The Hall–Kier alpha value is -2.32. The molecule has 2 nitrogen and oxygen atoms in total. The molecule has 0 saturated heterocycles. The number of methoxy groups -OCH3 is 1. The van der Waals surface area contributed by atoms with Gasteiger partial charge >= 0.3 is 5.97 Å². The summed E-state index contributed by atoms with van der Waals surface area (Å²) >= 11 is 5.96. The number of rotatable bonds is 2. The van der Waals surface area contributed by atoms with Crippen molar-refractivity contribution in [2.24, 2.45) is 0 Å². The first-order chi connectivity index (χ1) is 10.7. The maximum absolute atomic E-state index is 11.8. The summed E-state index contributed by atoms with van der Waals surface area (Å²) in [7, 11) is 1.39. The Kier molecular flexibility index (Phi) is 4.12. The van der Waals surface area contributed by atoms with Crippen molar-refractivity contribution in [3.05, 3.63) is 76.4 Å². The van der Waals surface area contributed by atoms with Crippen LogP contribution in [-0.4, -0.2) is 19.0 Å². The second kappa shape index (κ2) is 6.20. The van der Waals surface area contributed by atoms with Gasteiger partial charge in [-0.05, 0) is 40.0 Å². The minimum atomic E-state index is -0.338. The Morgan fingerprint density at radius 3 is 2.55 bits per heavy atom. The normalized spacial score (nSPS) is 14.2. The molecule has 0 N–H and O–H groups in total. The fraction of sp³-hybridized carbons (Fsp3) is 0.105. The smallest absolute Gasteiger partial charge is 0.337 e. The minimum absolute atomic E-state index is 0.338. The van der Waals surface area contributed by atoms with Gasteiger partial charge in [-0.25, -0.2) is 4.79 Å². The van der Waals surface area contributed by atoms with Crippen molar-refractivity contribution < 1.29 is 9.53 Å². The summed E-state index contributed by atoms with van der Waals surface area (Å²) < 4.78 is 4.82. The number of alkyl halides is 1. The van der Waals surface area contributed by atoms with Gasteiger partial charge in [-0.3, -0.25) is 0 Å². The van der Waals surface area contributed by atoms with Crippen LogP contribution in [0, 0.1) is 0 Å². The Bertz CT molecular complexity index is 788. The molecule has 22 heavy (non-hydrogen) atoms. The lowest BCUT2D eigenvalue weighted by Crippen LogP contribution is -2.03. The highest BCUT2D eigenvalue weighted by atomic mass is 35.5. The molecule has 0 fully saturated rings. The number of halogens is 1. The van der Waals surface area contributed by atoms with Crippen LogP contribution >= 0.6 is 11.6 Å². The van der Waals surface area contributed by atoms with E-state index >= 15 is 0 Å². The van der Waals surface area contributed by atoms with Gasteiger partial charge in [-0.2, -0.15) is 0 Å². The monoisotopic (exact) mass is 310 g/mol. The van der Waals surface area contributed by atoms with Crippen molar-refractivity contribution >= 4 is 35.3 Å². The predicted molar refractivity (Wildman–Crippen MR) is 91.0 cm³/mol. The van der Waals surface area contributed by atoms with Gasteiger partial charge in [0.2, 0.25) is 0 Å². The molecular formula is C19H15ClO2. The second-order valence-electron chi connectivity index (χ2n) is 4.99. The van der Waals surface area contributed by atoms with Crippen LogP contribution in [0.25, 0.3) is 17.7 Å². The van der Waals surface area contributed by atoms with Crippen LogP contribution in [-0.2, 0) is 4.74 Å². The Balaban J connectivity index is 2.24. The zero-order valence-electron chi connectivity index (χ0n) is 12.2. The maximum Gasteiger partial charge on any atom is 0.337 e. The highest BCUT2D eigenvalue weighted by molar-refractivity contribution is 6.19. The molecule has 0 amide bonds. The summed E-state index contributed by atoms with van der Waals surface area (Å²) in [6.45, 7) is 0. The quantitative estimate of drug-likeness (QED) is 0.509. The van der Waals surface area contributed by atoms with Gasteiger partial charge < -0.3 is 4.74 Å². The Morgan fingerprint density at radius 1 is 1.09 bits per heavy atom. The Morgan fingerprint density at radius 2 is 1.82 bits per heavy atom. The molecule has 0 aliphatic heterocycles. The van der Waals surface area contributed by atoms with Crippen molar-refractivity contribution in [3.63, 3.8) is 0 Å². The van der Waals surface area contributed by atoms with E-state index in [-0.39, 0.29) is 5.97 Å². The lowest BCUT2D eigenvalue weighted by Gasteiger charge is -2.12. The molecular weight excluding hydrogens is 296 g/mol. The van der Waals surface area contributed by atoms with Crippen LogP contribution in [0.3, 0.4) is 0 Å². The molecule has 2 aromatic rings. The number of hydrogen-bond acceptors (Lipinski definition) is 2. The SMILES string of the molecule is COC(=O)c1ccc2c(c1)/C(=C/CCl)c1ccccc1C=C2. The molecule has 0 atom stereocenters. The number of benzene rings is 2. The summed E-state index contributed by atoms with van der Waals surface area (Å²) in [6, 6.07) is 13.7. The summed E-state index contributed by atoms with van der Waals surface area (Å²) in [5.41, 5.74) is 5.87. The van der Waals surface area contributed by atoms with E-state index in [1.165, 1.54) is 7.11 Å². The molecule has 0 spiro atoms. The first kappa shape index (κ1) is 14.6. The standard InChI is InChI=1S/C19H15ClO2/c1-22-19(21)15-9-8-14-7-6-13-4-2-3-5-16(13)17(10-11-20)18(14)12-15/h2-10,12H,11H2,1H3/b17-10+. The van der Waals surface area contributed by atoms with Gasteiger partial charge in [-0.1, -0.05) is 48.6 Å². The van der Waals surface area contributed by atoms with Crippen LogP contribution in [0.4, 0.5) is 0 Å². The van der Waals surface area contributed by atoms with Crippen LogP contribution in [0.2, 0.25) is 0 Å². The molecule has 1 aliphatic carbocycles. The summed E-state index contributed by atoms with van der Waals surface area (Å²) in [5, 5.41) is 0. The number of carbonyl (C=O) groups excluding carboxylic acids is 1. The average Bonchev–Trinajstić information content (AvgIpc) is 2.72. The highest BCUT2D eigenvalue weighted by Gasteiger charge is 2.17. The van der Waals surface area contributed by atoms with Gasteiger partial charge in [0.05, 0.1) is 12.7 Å². The van der Waals surface area contributed by atoms with E-state index in [1.807, 2.05) is 30.3 Å². The summed E-state index contributed by atoms with van der Waals surface area (Å²) in [6.07, 6.45) is 6.12. The fourth-order valence-corrected chi connectivity index (χ4v) is 2.84. The van der Waals surface area contributed by atoms with Crippen molar-refractivity contribution in [2.45, 2.75) is 0 Å². The van der Waals surface area contributed by atoms with E-state index in [0.717, 1.165) is 27.8 Å². The zero-order chi connectivity index (χ0) is 15.5. The van der Waals surface area contributed by atoms with Crippen LogP contribution < -0.4 is 0 Å². The average molecular weight is 311 g/mol. The third-order valence-corrected chi connectivity index (χ3v) is 3.89. The number of allylic oxidation sites excluding steroid dienone is 1. The fourth-order valence-electron chi connectivity index (χ4n) is 2.69. The van der Waals surface area contributed by atoms with E-state index in [2.05, 4.69) is 24.3 Å². The summed E-state index contributed by atoms with van der Waals surface area (Å²) in [5.74, 6) is 0.0699. The number of hydrogen-bond donors (Lipinski definition) is 0. The molecule has 0 heterocycles. The molecule has 3 heteroatoms. The lowest BCUT2D eigenvalue weighted by molar-refractivity contribution is 0.0600. The first-order valence-corrected chi connectivity index (χ1v) is 7.54. The number of esters is 1. The molecule has 0 saturated carbocycles. The predicted octanol–water partition coefficient (Wildman–Crippen LogP) is 4.63. The maximum atomic E-state index is 11.8. The largest absolute Gasteiger partial charge is 0.465 e. The third kappa shape index (κ3) is 2.58. The molecule has 0 aromatic heterocycles. The number of fused-ring (bicyclic) bond motifs is 2. The molecule has 2 aromatic carbocycles. The van der Waals surface area contributed by atoms with E-state index in [9.17, 15) is 4.79 Å². The third-order valence-electron chi connectivity index (χ3n) is 3.74. The van der Waals surface area contributed by atoms with Crippen molar-refractivity contribution in [2.75, 3.05) is 13.0 Å². The van der Waals surface area contributed by atoms with Crippen LogP contribution in [0.15, 0.2) is 48.5 Å². The lowest BCUT2D eigenvalue weighted by atomic mass is 9.92. The highest BCUT2D eigenvalue weighted by Crippen LogP contribution is 2.34. The molecule has 1 aliphatic rings. The van der Waals surface area contributed by atoms with Crippen molar-refractivity contribution in [1.82, 2.24) is 0 Å². The van der Waals surface area contributed by atoms with Gasteiger partial charge in [0.1, 0.15) is 0 Å². The number of carbonyl (C=O) groups is 1. The van der Waals surface area contributed by atoms with Gasteiger partial charge in [0.25, 0.3) is 0 Å². The van der Waals surface area contributed by atoms with Gasteiger partial charge in [0.15, 0.2) is 0 Å². The minimum Gasteiger partial charge on any atom is -0.465 e. The zero-order valence-corrected chi connectivity index (χ0v) is 12.9. The van der Waals surface area contributed by atoms with E-state index in [1.54, 1.807) is 6.07 Å². The van der Waals surface area contributed by atoms with Crippen LogP contribution in [0.1, 0.15) is 32.6 Å². The van der Waals surface area contributed by atoms with E-state index in [0.29, 0.717) is 11.4 Å². The van der Waals surface area contributed by atoms with Crippen LogP contribution in [0.5, 0.6) is 0 Å². The summed E-state index contributed by atoms with van der Waals surface area (Å²) in [4.78, 5) is 11.8. The van der Waals surface area contributed by atoms with E-state index < -0.39 is 0 Å². The number of ether oxygens (including phenoxy) is 1. The van der Waals surface area contributed by atoms with E-state index in [4.69, 9.17) is 16.3 Å². The molecule has 0 radical (unpaired) electrons. The molecule has 0 bridgehead atoms. The molecule has 3 rings (SSSR count). The first-order valence-electron chi connectivity index (χ1n) is 7.01. The molecule has 110 valence electrons.